The molecule has 0 bridgehead atoms. The van der Waals surface area contributed by atoms with Gasteiger partial charge in [-0.25, -0.2) is 4.98 Å². The van der Waals surface area contributed by atoms with E-state index in [-0.39, 0.29) is 5.75 Å². The lowest BCUT2D eigenvalue weighted by Crippen LogP contribution is -2.26. The molecule has 1 aromatic carbocycles. The van der Waals surface area contributed by atoms with Gasteiger partial charge in [-0.15, -0.1) is 11.3 Å². The quantitative estimate of drug-likeness (QED) is 0.777. The van der Waals surface area contributed by atoms with Gasteiger partial charge in [0, 0.05) is 16.9 Å². The fourth-order valence-corrected chi connectivity index (χ4v) is 4.37. The molecular formula is C17H18ClN3O2S. The minimum Gasteiger partial charge on any atom is -0.508 e. The Balaban J connectivity index is 1.56. The normalized spacial score (nSPS) is 21.5. The zero-order valence-electron chi connectivity index (χ0n) is 13.0. The number of piperidine rings is 1. The van der Waals surface area contributed by atoms with E-state index in [4.69, 9.17) is 21.4 Å². The number of phenolic OH excluding ortho intramolecular Hbond substituents is 1. The Labute approximate surface area is 149 Å². The van der Waals surface area contributed by atoms with Crippen molar-refractivity contribution in [2.75, 3.05) is 13.1 Å². The second-order valence-electron chi connectivity index (χ2n) is 5.99. The fourth-order valence-electron chi connectivity index (χ4n) is 3.10. The molecule has 1 fully saturated rings. The van der Waals surface area contributed by atoms with Crippen molar-refractivity contribution in [2.45, 2.75) is 24.9 Å². The van der Waals surface area contributed by atoms with Crippen LogP contribution in [0.3, 0.4) is 0 Å². The molecular weight excluding hydrogens is 346 g/mol. The molecule has 7 heteroatoms. The molecule has 5 nitrogen and oxygen atoms in total. The van der Waals surface area contributed by atoms with E-state index in [1.54, 1.807) is 29.5 Å². The summed E-state index contributed by atoms with van der Waals surface area (Å²) in [6.07, 6.45) is 3.73. The van der Waals surface area contributed by atoms with Crippen LogP contribution in [0.5, 0.6) is 5.75 Å². The first-order chi connectivity index (χ1) is 11.7. The molecule has 3 heterocycles. The number of phenols is 1. The van der Waals surface area contributed by atoms with Crippen molar-refractivity contribution in [3.05, 3.63) is 50.9 Å². The average Bonchev–Trinajstić information content (AvgIpc) is 3.25. The van der Waals surface area contributed by atoms with E-state index in [0.717, 1.165) is 37.3 Å². The summed E-state index contributed by atoms with van der Waals surface area (Å²) < 4.78 is 0. The number of aromatic hydroxyl groups is 1. The van der Waals surface area contributed by atoms with Crippen LogP contribution in [-0.2, 0) is 4.84 Å². The molecule has 1 unspecified atom stereocenters. The third-order valence-corrected chi connectivity index (χ3v) is 5.75. The minimum absolute atomic E-state index is 0.125. The van der Waals surface area contributed by atoms with E-state index in [2.05, 4.69) is 10.8 Å². The molecule has 1 atom stereocenters. The van der Waals surface area contributed by atoms with Crippen molar-refractivity contribution in [3.63, 3.8) is 0 Å². The van der Waals surface area contributed by atoms with E-state index in [1.807, 2.05) is 11.5 Å². The largest absolute Gasteiger partial charge is 0.508 e. The lowest BCUT2D eigenvalue weighted by atomic mass is 9.99. The maximum absolute atomic E-state index is 10.0. The first-order valence-electron chi connectivity index (χ1n) is 8.00. The lowest BCUT2D eigenvalue weighted by molar-refractivity contribution is 0.0497. The number of benzene rings is 1. The molecule has 0 radical (unpaired) electrons. The van der Waals surface area contributed by atoms with E-state index >= 15 is 0 Å². The van der Waals surface area contributed by atoms with Crippen molar-refractivity contribution < 1.29 is 9.94 Å². The molecule has 3 N–H and O–H groups in total. The van der Waals surface area contributed by atoms with Gasteiger partial charge in [0.05, 0.1) is 21.4 Å². The maximum Gasteiger partial charge on any atom is 0.136 e. The van der Waals surface area contributed by atoms with Crippen LogP contribution in [0.25, 0.3) is 5.70 Å². The Morgan fingerprint density at radius 1 is 1.29 bits per heavy atom. The lowest BCUT2D eigenvalue weighted by Gasteiger charge is -2.20. The first-order valence-corrected chi connectivity index (χ1v) is 9.25. The highest BCUT2D eigenvalue weighted by atomic mass is 35.5. The zero-order valence-corrected chi connectivity index (χ0v) is 14.5. The highest BCUT2D eigenvalue weighted by molar-refractivity contribution is 7.09. The fraction of sp³-hybridized carbons (Fsp3) is 0.353. The number of aromatic nitrogens is 1. The molecule has 24 heavy (non-hydrogen) atoms. The molecule has 0 saturated carbocycles. The second kappa shape index (κ2) is 6.72. The standard InChI is InChI=1S/C17H18ClN3O2S/c18-11-2-1-3-14(22)16(11)15-8-12(21-23-15)13-9-24-17(20-13)10-4-6-19-7-5-10/h1-3,8-10,15,19,21-22H,4-7H2. The molecule has 126 valence electrons. The van der Waals surface area contributed by atoms with Crippen LogP contribution in [0.15, 0.2) is 29.7 Å². The van der Waals surface area contributed by atoms with Crippen LogP contribution < -0.4 is 10.8 Å². The smallest absolute Gasteiger partial charge is 0.136 e. The summed E-state index contributed by atoms with van der Waals surface area (Å²) in [4.78, 5) is 10.4. The van der Waals surface area contributed by atoms with E-state index in [0.29, 0.717) is 16.5 Å². The predicted molar refractivity (Wildman–Crippen MR) is 95.0 cm³/mol. The number of hydrogen-bond acceptors (Lipinski definition) is 6. The van der Waals surface area contributed by atoms with E-state index < -0.39 is 6.10 Å². The first kappa shape index (κ1) is 15.9. The van der Waals surface area contributed by atoms with Crippen LogP contribution in [0.1, 0.15) is 41.1 Å². The van der Waals surface area contributed by atoms with Crippen molar-refractivity contribution in [1.29, 1.82) is 0 Å². The Hall–Kier alpha value is -1.60. The molecule has 4 rings (SSSR count). The van der Waals surface area contributed by atoms with Crippen molar-refractivity contribution in [2.24, 2.45) is 0 Å². The molecule has 1 aromatic heterocycles. The summed E-state index contributed by atoms with van der Waals surface area (Å²) in [6.45, 7) is 2.11. The number of hydroxylamine groups is 1. The van der Waals surface area contributed by atoms with Gasteiger partial charge >= 0.3 is 0 Å². The van der Waals surface area contributed by atoms with Crippen LogP contribution in [0.4, 0.5) is 0 Å². The molecule has 2 aliphatic heterocycles. The number of halogens is 1. The van der Waals surface area contributed by atoms with Crippen LogP contribution in [0, 0.1) is 0 Å². The van der Waals surface area contributed by atoms with Gasteiger partial charge in [-0.2, -0.15) is 0 Å². The topological polar surface area (TPSA) is 66.4 Å². The summed E-state index contributed by atoms with van der Waals surface area (Å²) in [5, 5.41) is 17.1. The minimum atomic E-state index is -0.433. The summed E-state index contributed by atoms with van der Waals surface area (Å²) in [5.41, 5.74) is 5.17. The van der Waals surface area contributed by atoms with Crippen molar-refractivity contribution in [1.82, 2.24) is 15.8 Å². The Kier molecular flexibility index (Phi) is 4.45. The third-order valence-electron chi connectivity index (χ3n) is 4.41. The van der Waals surface area contributed by atoms with E-state index in [9.17, 15) is 5.11 Å². The summed E-state index contributed by atoms with van der Waals surface area (Å²) in [7, 11) is 0. The van der Waals surface area contributed by atoms with Gasteiger partial charge in [0.15, 0.2) is 0 Å². The van der Waals surface area contributed by atoms with Crippen LogP contribution in [0.2, 0.25) is 5.02 Å². The maximum atomic E-state index is 10.0. The average molecular weight is 364 g/mol. The monoisotopic (exact) mass is 363 g/mol. The molecule has 1 saturated heterocycles. The third kappa shape index (κ3) is 3.02. The van der Waals surface area contributed by atoms with Gasteiger partial charge in [0.2, 0.25) is 0 Å². The van der Waals surface area contributed by atoms with Gasteiger partial charge in [0.25, 0.3) is 0 Å². The number of nitrogens with one attached hydrogen (secondary N) is 2. The predicted octanol–water partition coefficient (Wildman–Crippen LogP) is 3.59. The summed E-state index contributed by atoms with van der Waals surface area (Å²) in [5.74, 6) is 0.664. The molecule has 2 aliphatic rings. The van der Waals surface area contributed by atoms with Crippen LogP contribution >= 0.6 is 22.9 Å². The molecule has 0 amide bonds. The number of hydrogen-bond donors (Lipinski definition) is 3. The summed E-state index contributed by atoms with van der Waals surface area (Å²) in [6, 6.07) is 5.05. The zero-order chi connectivity index (χ0) is 16.5. The van der Waals surface area contributed by atoms with Crippen molar-refractivity contribution in [3.8, 4) is 5.75 Å². The Morgan fingerprint density at radius 3 is 2.92 bits per heavy atom. The Bertz CT molecular complexity index is 751. The number of rotatable bonds is 3. The highest BCUT2D eigenvalue weighted by Gasteiger charge is 2.26. The van der Waals surface area contributed by atoms with Crippen molar-refractivity contribution >= 4 is 28.6 Å². The van der Waals surface area contributed by atoms with Gasteiger partial charge in [0.1, 0.15) is 11.9 Å². The SMILES string of the molecule is Oc1cccc(Cl)c1C1C=C(c2csc(C3CCNCC3)n2)NO1. The summed E-state index contributed by atoms with van der Waals surface area (Å²) >= 11 is 7.89. The van der Waals surface area contributed by atoms with E-state index in [1.165, 1.54) is 5.01 Å². The second-order valence-corrected chi connectivity index (χ2v) is 7.29. The van der Waals surface area contributed by atoms with Crippen LogP contribution in [-0.4, -0.2) is 23.2 Å². The molecule has 0 spiro atoms. The van der Waals surface area contributed by atoms with Gasteiger partial charge in [-0.05, 0) is 44.1 Å². The molecule has 0 aliphatic carbocycles. The number of thiazole rings is 1. The van der Waals surface area contributed by atoms with Gasteiger partial charge in [-0.3, -0.25) is 10.3 Å². The number of nitrogens with zero attached hydrogens (tertiary/aromatic N) is 1. The van der Waals surface area contributed by atoms with Gasteiger partial charge < -0.3 is 10.4 Å². The highest BCUT2D eigenvalue weighted by Crippen LogP contribution is 2.38. The Morgan fingerprint density at radius 2 is 2.12 bits per heavy atom. The molecule has 2 aromatic rings. The van der Waals surface area contributed by atoms with Gasteiger partial charge in [-0.1, -0.05) is 17.7 Å².